The van der Waals surface area contributed by atoms with Crippen LogP contribution in [0.15, 0.2) is 46.2 Å². The lowest BCUT2D eigenvalue weighted by molar-refractivity contribution is 0.122. The number of aromatic nitrogens is 6. The van der Waals surface area contributed by atoms with Crippen molar-refractivity contribution in [2.45, 2.75) is 9.79 Å². The molecule has 6 rings (SSSR count). The van der Waals surface area contributed by atoms with Crippen LogP contribution in [0, 0.1) is 0 Å². The third kappa shape index (κ3) is 8.96. The summed E-state index contributed by atoms with van der Waals surface area (Å²) in [7, 11) is -7.35. The molecule has 0 amide bonds. The third-order valence-electron chi connectivity index (χ3n) is 7.68. The molecule has 2 aliphatic heterocycles. The number of nitrogens with zero attached hydrogens (tertiary/aromatic N) is 8. The molecule has 0 spiro atoms. The number of rotatable bonds is 12. The van der Waals surface area contributed by atoms with Crippen LogP contribution in [0.1, 0.15) is 11.1 Å². The predicted molar refractivity (Wildman–Crippen MR) is 183 cm³/mol. The molecule has 0 saturated carbocycles. The van der Waals surface area contributed by atoms with Crippen molar-refractivity contribution < 1.29 is 44.9 Å². The summed E-state index contributed by atoms with van der Waals surface area (Å²) < 4.78 is 95.3. The van der Waals surface area contributed by atoms with Crippen LogP contribution in [-0.2, 0) is 29.7 Å². The molecule has 0 bridgehead atoms. The largest absolute Gasteiger partial charge is 0.744 e. The van der Waals surface area contributed by atoms with Crippen LogP contribution in [0.2, 0.25) is 0 Å². The average molecular weight is 757 g/mol. The minimum atomic E-state index is -5.06. The van der Waals surface area contributed by atoms with Gasteiger partial charge in [0.2, 0.25) is 23.8 Å². The Morgan fingerprint density at radius 1 is 0.635 bits per heavy atom. The van der Waals surface area contributed by atoms with E-state index in [-0.39, 0.29) is 46.4 Å². The molecule has 2 aromatic carbocycles. The van der Waals surface area contributed by atoms with Crippen molar-refractivity contribution in [2.24, 2.45) is 0 Å². The summed E-state index contributed by atoms with van der Waals surface area (Å²) in [5.74, 6) is 0.672. The Morgan fingerprint density at radius 2 is 1.02 bits per heavy atom. The zero-order chi connectivity index (χ0) is 36.9. The lowest BCUT2D eigenvalue weighted by Crippen LogP contribution is -2.37. The maximum atomic E-state index is 12.4. The molecule has 2 saturated heterocycles. The van der Waals surface area contributed by atoms with E-state index in [1.54, 1.807) is 0 Å². The fourth-order valence-electron chi connectivity index (χ4n) is 5.17. The van der Waals surface area contributed by atoms with Crippen molar-refractivity contribution in [3.63, 3.8) is 0 Å². The number of hydrogen-bond acceptors (Lipinski definition) is 20. The molecule has 2 aliphatic rings. The van der Waals surface area contributed by atoms with Crippen molar-refractivity contribution in [2.75, 3.05) is 87.3 Å². The van der Waals surface area contributed by atoms with Crippen LogP contribution in [0.5, 0.6) is 12.0 Å². The second-order valence-electron chi connectivity index (χ2n) is 11.1. The monoisotopic (exact) mass is 756 g/mol. The Labute approximate surface area is 298 Å². The maximum absolute atomic E-state index is 12.4. The predicted octanol–water partition coefficient (Wildman–Crippen LogP) is 1.21. The summed E-state index contributed by atoms with van der Waals surface area (Å²) in [6.07, 6.45) is 2.42. The SMILES string of the molecule is COc1nc(Nc2ccc(/C=C/c3ccc(Nc4nc(OC)nc(N5CCOCC5)n4)cc3S(=O)(=O)[O-])c(S(=O)(=O)[O-])c2)nc(N2CCOCC2)n1. The molecule has 0 atom stereocenters. The summed E-state index contributed by atoms with van der Waals surface area (Å²) in [4.78, 5) is 28.1. The summed E-state index contributed by atoms with van der Waals surface area (Å²) in [5.41, 5.74) is 0.148. The van der Waals surface area contributed by atoms with Crippen LogP contribution in [0.25, 0.3) is 12.2 Å². The minimum Gasteiger partial charge on any atom is -0.744 e. The molecule has 22 heteroatoms. The van der Waals surface area contributed by atoms with Gasteiger partial charge in [0.1, 0.15) is 20.2 Å². The first kappa shape index (κ1) is 36.5. The summed E-state index contributed by atoms with van der Waals surface area (Å²) in [6.45, 7) is 4.05. The summed E-state index contributed by atoms with van der Waals surface area (Å²) in [5, 5.41) is 5.74. The van der Waals surface area contributed by atoms with E-state index >= 15 is 0 Å². The van der Waals surface area contributed by atoms with E-state index in [2.05, 4.69) is 40.5 Å². The van der Waals surface area contributed by atoms with Crippen LogP contribution in [0.4, 0.5) is 35.2 Å². The van der Waals surface area contributed by atoms with Gasteiger partial charge in [-0.1, -0.05) is 24.3 Å². The Bertz CT molecular complexity index is 2030. The highest BCUT2D eigenvalue weighted by Gasteiger charge is 2.20. The number of nitrogens with one attached hydrogen (secondary N) is 2. The highest BCUT2D eigenvalue weighted by Crippen LogP contribution is 2.29. The van der Waals surface area contributed by atoms with Gasteiger partial charge in [0.25, 0.3) is 0 Å². The van der Waals surface area contributed by atoms with Crippen LogP contribution in [-0.4, -0.2) is 123 Å². The van der Waals surface area contributed by atoms with Crippen molar-refractivity contribution in [3.8, 4) is 12.0 Å². The summed E-state index contributed by atoms with van der Waals surface area (Å²) in [6, 6.07) is 7.76. The van der Waals surface area contributed by atoms with E-state index in [0.717, 1.165) is 12.1 Å². The molecule has 276 valence electrons. The third-order valence-corrected chi connectivity index (χ3v) is 9.46. The molecule has 2 N–H and O–H groups in total. The van der Waals surface area contributed by atoms with Crippen molar-refractivity contribution >= 4 is 67.6 Å². The maximum Gasteiger partial charge on any atom is 0.322 e. The van der Waals surface area contributed by atoms with Crippen LogP contribution < -0.4 is 29.9 Å². The average Bonchev–Trinajstić information content (AvgIpc) is 3.14. The molecule has 4 heterocycles. The van der Waals surface area contributed by atoms with Gasteiger partial charge in [0, 0.05) is 37.6 Å². The first-order valence-corrected chi connectivity index (χ1v) is 18.4. The fourth-order valence-corrected chi connectivity index (χ4v) is 6.56. The Hall–Kier alpha value is -5.26. The molecule has 0 unspecified atom stereocenters. The number of ether oxygens (including phenoxy) is 4. The van der Waals surface area contributed by atoms with Crippen molar-refractivity contribution in [1.29, 1.82) is 0 Å². The van der Waals surface area contributed by atoms with E-state index < -0.39 is 30.0 Å². The fraction of sp³-hybridized carbons (Fsp3) is 0.333. The van der Waals surface area contributed by atoms with Gasteiger partial charge < -0.3 is 48.5 Å². The smallest absolute Gasteiger partial charge is 0.322 e. The second kappa shape index (κ2) is 15.5. The Morgan fingerprint density at radius 3 is 1.37 bits per heavy atom. The lowest BCUT2D eigenvalue weighted by Gasteiger charge is -2.26. The number of anilines is 6. The van der Waals surface area contributed by atoms with Gasteiger partial charge in [0.05, 0.1) is 50.4 Å². The van der Waals surface area contributed by atoms with Gasteiger partial charge >= 0.3 is 12.0 Å². The minimum absolute atomic E-state index is 0.00586. The quantitative estimate of drug-likeness (QED) is 0.152. The highest BCUT2D eigenvalue weighted by molar-refractivity contribution is 7.86. The van der Waals surface area contributed by atoms with E-state index in [4.69, 9.17) is 18.9 Å². The highest BCUT2D eigenvalue weighted by atomic mass is 32.2. The normalized spacial score (nSPS) is 15.5. The van der Waals surface area contributed by atoms with E-state index in [0.29, 0.717) is 64.5 Å². The summed E-state index contributed by atoms with van der Waals surface area (Å²) >= 11 is 0. The van der Waals surface area contributed by atoms with Crippen molar-refractivity contribution in [3.05, 3.63) is 47.5 Å². The van der Waals surface area contributed by atoms with Crippen LogP contribution >= 0.6 is 0 Å². The topological polar surface area (TPSA) is 259 Å². The number of benzene rings is 2. The Kier molecular flexibility index (Phi) is 10.9. The molecule has 2 fully saturated rings. The number of hydrogen-bond donors (Lipinski definition) is 2. The Balaban J connectivity index is 1.27. The van der Waals surface area contributed by atoms with E-state index in [1.807, 2.05) is 9.80 Å². The zero-order valence-corrected chi connectivity index (χ0v) is 29.4. The van der Waals surface area contributed by atoms with Crippen molar-refractivity contribution in [1.82, 2.24) is 29.9 Å². The first-order valence-electron chi connectivity index (χ1n) is 15.6. The van der Waals surface area contributed by atoms with Gasteiger partial charge in [-0.2, -0.15) is 29.9 Å². The standard InChI is InChI=1S/C30H34N10O10S2/c1-47-29-35-25(33-27(37-29)39-9-13-49-14-10-39)31-21-7-5-19(23(17-21)51(41,42)43)3-4-20-6-8-22(18-24(20)52(44,45)46)32-26-34-28(38-30(36-26)48-2)40-11-15-50-16-12-40/h3-8,17-18H,9-16H2,1-2H3,(H,41,42,43)(H,44,45,46)(H,31,33,35,37)(H,32,34,36,38)/p-2/b4-3+. The molecule has 20 nitrogen and oxygen atoms in total. The van der Waals surface area contributed by atoms with Gasteiger partial charge in [-0.05, 0) is 35.4 Å². The number of morpholine rings is 2. The van der Waals surface area contributed by atoms with Gasteiger partial charge in [-0.25, -0.2) is 16.8 Å². The molecule has 0 radical (unpaired) electrons. The van der Waals surface area contributed by atoms with E-state index in [1.165, 1.54) is 50.6 Å². The van der Waals surface area contributed by atoms with Gasteiger partial charge in [-0.3, -0.25) is 0 Å². The molecular formula is C30H32N10O10S2-2. The van der Waals surface area contributed by atoms with Crippen LogP contribution in [0.3, 0.4) is 0 Å². The molecule has 0 aliphatic carbocycles. The molecular weight excluding hydrogens is 725 g/mol. The first-order chi connectivity index (χ1) is 24.9. The number of methoxy groups -OCH3 is 2. The molecule has 52 heavy (non-hydrogen) atoms. The lowest BCUT2D eigenvalue weighted by atomic mass is 10.1. The molecule has 4 aromatic rings. The van der Waals surface area contributed by atoms with Gasteiger partial charge in [-0.15, -0.1) is 0 Å². The second-order valence-corrected chi connectivity index (χ2v) is 13.8. The van der Waals surface area contributed by atoms with Gasteiger partial charge in [0.15, 0.2) is 0 Å². The molecule has 2 aromatic heterocycles. The van der Waals surface area contributed by atoms with E-state index in [9.17, 15) is 25.9 Å². The zero-order valence-electron chi connectivity index (χ0n) is 27.8.